The second-order valence-corrected chi connectivity index (χ2v) is 8.85. The highest BCUT2D eigenvalue weighted by Gasteiger charge is 2.46. The highest BCUT2D eigenvalue weighted by molar-refractivity contribution is 5.82. The molecular formula is C20H29F2NO5. The molecule has 8 heteroatoms. The number of hydrogen-bond acceptors (Lipinski definition) is 6. The number of carbonyl (C=O) groups excluding carboxylic acids is 2. The van der Waals surface area contributed by atoms with E-state index in [0.717, 1.165) is 19.1 Å². The van der Waals surface area contributed by atoms with Crippen LogP contribution in [-0.4, -0.2) is 28.2 Å². The van der Waals surface area contributed by atoms with E-state index in [0.29, 0.717) is 0 Å². The lowest BCUT2D eigenvalue weighted by Gasteiger charge is -2.34. The molecule has 0 amide bonds. The van der Waals surface area contributed by atoms with Crippen molar-refractivity contribution in [1.29, 1.82) is 0 Å². The Hall–Kier alpha value is -2.22. The van der Waals surface area contributed by atoms with E-state index in [-0.39, 0.29) is 5.69 Å². The fourth-order valence-corrected chi connectivity index (χ4v) is 2.69. The minimum absolute atomic E-state index is 0.262. The van der Waals surface area contributed by atoms with Gasteiger partial charge in [-0.2, -0.15) is 0 Å². The van der Waals surface area contributed by atoms with Crippen LogP contribution < -0.4 is 5.73 Å². The van der Waals surface area contributed by atoms with Gasteiger partial charge < -0.3 is 20.3 Å². The molecular weight excluding hydrogens is 372 g/mol. The monoisotopic (exact) mass is 401 g/mol. The number of nitrogen functional groups attached to an aromatic ring is 1. The van der Waals surface area contributed by atoms with E-state index < -0.39 is 58.3 Å². The summed E-state index contributed by atoms with van der Waals surface area (Å²) in [7, 11) is 0. The summed E-state index contributed by atoms with van der Waals surface area (Å²) in [5.41, 5.74) is 0.739. The van der Waals surface area contributed by atoms with Crippen molar-refractivity contribution in [3.8, 4) is 0 Å². The molecule has 3 N–H and O–H groups in total. The van der Waals surface area contributed by atoms with Crippen molar-refractivity contribution in [2.75, 3.05) is 5.73 Å². The van der Waals surface area contributed by atoms with Crippen LogP contribution in [0.25, 0.3) is 0 Å². The van der Waals surface area contributed by atoms with Crippen LogP contribution in [-0.2, 0) is 24.7 Å². The topological polar surface area (TPSA) is 98.9 Å². The summed E-state index contributed by atoms with van der Waals surface area (Å²) >= 11 is 0. The smallest absolute Gasteiger partial charge is 0.313 e. The Bertz CT molecular complexity index is 748. The SMILES string of the molecule is CC(C)(C)OC(=O)CC(C(=O)OC(C)(C)C)C(C)(O)c1c(N)ccc(F)c1F. The van der Waals surface area contributed by atoms with Gasteiger partial charge in [-0.05, 0) is 60.6 Å². The van der Waals surface area contributed by atoms with Crippen LogP contribution in [0.1, 0.15) is 60.5 Å². The molecule has 0 aliphatic carbocycles. The van der Waals surface area contributed by atoms with Crippen molar-refractivity contribution in [2.45, 2.75) is 71.7 Å². The van der Waals surface area contributed by atoms with E-state index in [1.54, 1.807) is 41.5 Å². The molecule has 1 aromatic carbocycles. The van der Waals surface area contributed by atoms with Crippen LogP contribution in [0.15, 0.2) is 12.1 Å². The number of carbonyl (C=O) groups is 2. The third kappa shape index (κ3) is 6.15. The molecule has 6 nitrogen and oxygen atoms in total. The highest BCUT2D eigenvalue weighted by Crippen LogP contribution is 2.39. The number of hydrogen-bond donors (Lipinski definition) is 2. The first-order valence-corrected chi connectivity index (χ1v) is 8.86. The lowest BCUT2D eigenvalue weighted by molar-refractivity contribution is -0.177. The molecule has 0 aliphatic rings. The van der Waals surface area contributed by atoms with Crippen molar-refractivity contribution in [3.05, 3.63) is 29.3 Å². The van der Waals surface area contributed by atoms with Crippen LogP contribution in [0.3, 0.4) is 0 Å². The zero-order chi connectivity index (χ0) is 22.1. The van der Waals surface area contributed by atoms with Crippen LogP contribution in [0.4, 0.5) is 14.5 Å². The molecule has 0 saturated carbocycles. The van der Waals surface area contributed by atoms with Gasteiger partial charge in [-0.3, -0.25) is 9.59 Å². The van der Waals surface area contributed by atoms with Gasteiger partial charge in [0.05, 0.1) is 6.42 Å². The molecule has 2 atom stereocenters. The van der Waals surface area contributed by atoms with Crippen LogP contribution in [0.2, 0.25) is 0 Å². The van der Waals surface area contributed by atoms with Gasteiger partial charge >= 0.3 is 11.9 Å². The summed E-state index contributed by atoms with van der Waals surface area (Å²) in [4.78, 5) is 25.1. The maximum Gasteiger partial charge on any atom is 0.313 e. The Morgan fingerprint density at radius 2 is 1.54 bits per heavy atom. The summed E-state index contributed by atoms with van der Waals surface area (Å²) in [6.07, 6.45) is -0.616. The number of ether oxygens (including phenoxy) is 2. The lowest BCUT2D eigenvalue weighted by Crippen LogP contribution is -2.44. The molecule has 158 valence electrons. The Morgan fingerprint density at radius 1 is 1.04 bits per heavy atom. The minimum Gasteiger partial charge on any atom is -0.460 e. The van der Waals surface area contributed by atoms with Crippen LogP contribution in [0.5, 0.6) is 0 Å². The second kappa shape index (κ2) is 8.03. The molecule has 0 aliphatic heterocycles. The van der Waals surface area contributed by atoms with Gasteiger partial charge in [0.15, 0.2) is 11.6 Å². The number of anilines is 1. The molecule has 0 radical (unpaired) electrons. The molecule has 0 fully saturated rings. The number of aliphatic hydroxyl groups is 1. The maximum absolute atomic E-state index is 14.4. The number of halogens is 2. The Kier molecular flexibility index (Phi) is 6.83. The van der Waals surface area contributed by atoms with Crippen molar-refractivity contribution in [2.24, 2.45) is 5.92 Å². The average Bonchev–Trinajstić information content (AvgIpc) is 2.45. The fourth-order valence-electron chi connectivity index (χ4n) is 2.69. The molecule has 0 saturated heterocycles. The standard InChI is InChI=1S/C20H29F2NO5/c1-18(2,3)27-14(24)10-11(17(25)28-19(4,5)6)20(7,26)15-13(23)9-8-12(21)16(15)22/h8-9,11,26H,10,23H2,1-7H3. The number of nitrogens with two attached hydrogens (primary N) is 1. The third-order valence-electron chi connectivity index (χ3n) is 3.79. The second-order valence-electron chi connectivity index (χ2n) is 8.85. The predicted molar refractivity (Wildman–Crippen MR) is 100 cm³/mol. The predicted octanol–water partition coefficient (Wildman–Crippen LogP) is 3.44. The molecule has 2 unspecified atom stereocenters. The molecule has 0 bridgehead atoms. The van der Waals surface area contributed by atoms with E-state index in [9.17, 15) is 23.5 Å². The van der Waals surface area contributed by atoms with E-state index in [1.807, 2.05) is 0 Å². The van der Waals surface area contributed by atoms with Crippen LogP contribution in [0, 0.1) is 17.6 Å². The average molecular weight is 401 g/mol. The quantitative estimate of drug-likeness (QED) is 0.579. The van der Waals surface area contributed by atoms with Gasteiger partial charge in [0.1, 0.15) is 22.7 Å². The van der Waals surface area contributed by atoms with Crippen molar-refractivity contribution in [3.63, 3.8) is 0 Å². The lowest BCUT2D eigenvalue weighted by atomic mass is 9.79. The van der Waals surface area contributed by atoms with Gasteiger partial charge in [-0.1, -0.05) is 0 Å². The maximum atomic E-state index is 14.4. The van der Waals surface area contributed by atoms with Crippen molar-refractivity contribution < 1.29 is 33.0 Å². The van der Waals surface area contributed by atoms with Gasteiger partial charge in [-0.25, -0.2) is 8.78 Å². The Morgan fingerprint density at radius 3 is 2.00 bits per heavy atom. The van der Waals surface area contributed by atoms with E-state index in [1.165, 1.54) is 0 Å². The zero-order valence-electron chi connectivity index (χ0n) is 17.4. The van der Waals surface area contributed by atoms with Crippen molar-refractivity contribution in [1.82, 2.24) is 0 Å². The van der Waals surface area contributed by atoms with E-state index >= 15 is 0 Å². The Balaban J connectivity index is 3.43. The number of benzene rings is 1. The summed E-state index contributed by atoms with van der Waals surface area (Å²) in [5.74, 6) is -6.00. The largest absolute Gasteiger partial charge is 0.460 e. The number of rotatable bonds is 5. The fraction of sp³-hybridized carbons (Fsp3) is 0.600. The molecule has 0 spiro atoms. The molecule has 28 heavy (non-hydrogen) atoms. The van der Waals surface area contributed by atoms with Gasteiger partial charge in [0.2, 0.25) is 0 Å². The minimum atomic E-state index is -2.34. The van der Waals surface area contributed by atoms with E-state index in [2.05, 4.69) is 0 Å². The van der Waals surface area contributed by atoms with Gasteiger partial charge in [0.25, 0.3) is 0 Å². The van der Waals surface area contributed by atoms with E-state index in [4.69, 9.17) is 15.2 Å². The molecule has 0 aromatic heterocycles. The molecule has 1 aromatic rings. The first-order valence-electron chi connectivity index (χ1n) is 8.86. The highest BCUT2D eigenvalue weighted by atomic mass is 19.2. The summed E-state index contributed by atoms with van der Waals surface area (Å²) < 4.78 is 38.7. The molecule has 0 heterocycles. The summed E-state index contributed by atoms with van der Waals surface area (Å²) in [5, 5.41) is 11.1. The van der Waals surface area contributed by atoms with Gasteiger partial charge in [-0.15, -0.1) is 0 Å². The Labute approximate surface area is 164 Å². The normalized spacial score (nSPS) is 15.5. The first kappa shape index (κ1) is 23.8. The third-order valence-corrected chi connectivity index (χ3v) is 3.79. The van der Waals surface area contributed by atoms with Crippen molar-refractivity contribution >= 4 is 17.6 Å². The molecule has 1 rings (SSSR count). The first-order chi connectivity index (χ1) is 12.5. The number of esters is 2. The van der Waals surface area contributed by atoms with Gasteiger partial charge in [0, 0.05) is 11.3 Å². The summed E-state index contributed by atoms with van der Waals surface area (Å²) in [6, 6.07) is 1.88. The summed E-state index contributed by atoms with van der Waals surface area (Å²) in [6.45, 7) is 10.8. The zero-order valence-corrected chi connectivity index (χ0v) is 17.4. The van der Waals surface area contributed by atoms with Crippen LogP contribution >= 0.6 is 0 Å².